The lowest BCUT2D eigenvalue weighted by Gasteiger charge is -2.21. The highest BCUT2D eigenvalue weighted by Crippen LogP contribution is 2.17. The number of aliphatic carboxylic acids is 1. The second-order valence-electron chi connectivity index (χ2n) is 4.49. The van der Waals surface area contributed by atoms with E-state index in [1.165, 1.54) is 4.90 Å². The molecule has 2 aromatic rings. The summed E-state index contributed by atoms with van der Waals surface area (Å²) in [4.78, 5) is 24.7. The molecule has 0 aliphatic rings. The molecule has 0 saturated carbocycles. The van der Waals surface area contributed by atoms with Crippen LogP contribution in [0.3, 0.4) is 0 Å². The van der Waals surface area contributed by atoms with Gasteiger partial charge in [0.15, 0.2) is 0 Å². The molecule has 0 unspecified atom stereocenters. The fourth-order valence-electron chi connectivity index (χ4n) is 1.96. The second kappa shape index (κ2) is 6.02. The van der Waals surface area contributed by atoms with Crippen molar-refractivity contribution in [2.45, 2.75) is 6.92 Å². The molecule has 0 heterocycles. The lowest BCUT2D eigenvalue weighted by Crippen LogP contribution is -2.35. The number of aryl methyl sites for hydroxylation is 1. The number of nitrogens with zero attached hydrogens (tertiary/aromatic N) is 1. The summed E-state index contributed by atoms with van der Waals surface area (Å²) in [5.41, 5.74) is 2.01. The maximum Gasteiger partial charge on any atom is 0.323 e. The minimum absolute atomic E-state index is 0.317. The van der Waals surface area contributed by atoms with Crippen molar-refractivity contribution in [2.24, 2.45) is 0 Å². The zero-order valence-corrected chi connectivity index (χ0v) is 11.1. The molecule has 0 fully saturated rings. The summed E-state index contributed by atoms with van der Waals surface area (Å²) >= 11 is 0. The normalized spacial score (nSPS) is 10.1. The first-order valence-electron chi connectivity index (χ1n) is 6.23. The van der Waals surface area contributed by atoms with Crippen molar-refractivity contribution in [3.8, 4) is 0 Å². The largest absolute Gasteiger partial charge is 0.480 e. The van der Waals surface area contributed by atoms with Gasteiger partial charge in [0.1, 0.15) is 6.54 Å². The van der Waals surface area contributed by atoms with Gasteiger partial charge >= 0.3 is 5.97 Å². The van der Waals surface area contributed by atoms with Gasteiger partial charge in [0.25, 0.3) is 5.91 Å². The Balaban J connectivity index is 2.36. The SMILES string of the molecule is Cc1cccc(C(=O)N(CC(=O)O)c2ccccc2)c1. The van der Waals surface area contributed by atoms with Crippen molar-refractivity contribution >= 4 is 17.6 Å². The number of hydrogen-bond acceptors (Lipinski definition) is 2. The number of carboxylic acids is 1. The molecule has 0 saturated heterocycles. The van der Waals surface area contributed by atoms with E-state index < -0.39 is 5.97 Å². The number of anilines is 1. The zero-order valence-electron chi connectivity index (χ0n) is 11.1. The van der Waals surface area contributed by atoms with E-state index in [4.69, 9.17) is 5.11 Å². The average molecular weight is 269 g/mol. The van der Waals surface area contributed by atoms with Crippen LogP contribution in [-0.4, -0.2) is 23.5 Å². The summed E-state index contributed by atoms with van der Waals surface area (Å²) in [6, 6.07) is 15.9. The molecular formula is C16H15NO3. The summed E-state index contributed by atoms with van der Waals surface area (Å²) in [5, 5.41) is 9.00. The van der Waals surface area contributed by atoms with Crippen LogP contribution in [0.4, 0.5) is 5.69 Å². The first-order chi connectivity index (χ1) is 9.58. The average Bonchev–Trinajstić information content (AvgIpc) is 2.45. The van der Waals surface area contributed by atoms with E-state index in [9.17, 15) is 9.59 Å². The molecule has 20 heavy (non-hydrogen) atoms. The lowest BCUT2D eigenvalue weighted by molar-refractivity contribution is -0.135. The Labute approximate surface area is 117 Å². The monoisotopic (exact) mass is 269 g/mol. The molecule has 2 rings (SSSR count). The molecule has 2 aromatic carbocycles. The Bertz CT molecular complexity index is 623. The van der Waals surface area contributed by atoms with Gasteiger partial charge in [0, 0.05) is 11.3 Å². The third kappa shape index (κ3) is 3.23. The minimum Gasteiger partial charge on any atom is -0.480 e. The molecule has 0 bridgehead atoms. The fourth-order valence-corrected chi connectivity index (χ4v) is 1.96. The molecule has 1 N–H and O–H groups in total. The third-order valence-corrected chi connectivity index (χ3v) is 2.87. The third-order valence-electron chi connectivity index (χ3n) is 2.87. The van der Waals surface area contributed by atoms with E-state index in [0.29, 0.717) is 11.3 Å². The second-order valence-corrected chi connectivity index (χ2v) is 4.49. The predicted molar refractivity (Wildman–Crippen MR) is 76.9 cm³/mol. The highest BCUT2D eigenvalue weighted by atomic mass is 16.4. The number of rotatable bonds is 4. The number of benzene rings is 2. The van der Waals surface area contributed by atoms with E-state index in [1.807, 2.05) is 19.1 Å². The Morgan fingerprint density at radius 3 is 2.35 bits per heavy atom. The van der Waals surface area contributed by atoms with E-state index in [0.717, 1.165) is 5.56 Å². The quantitative estimate of drug-likeness (QED) is 0.928. The highest BCUT2D eigenvalue weighted by molar-refractivity contribution is 6.08. The molecule has 102 valence electrons. The van der Waals surface area contributed by atoms with Crippen molar-refractivity contribution in [2.75, 3.05) is 11.4 Å². The van der Waals surface area contributed by atoms with E-state index in [2.05, 4.69) is 0 Å². The van der Waals surface area contributed by atoms with Gasteiger partial charge in [-0.15, -0.1) is 0 Å². The standard InChI is InChI=1S/C16H15NO3/c1-12-6-5-7-13(10-12)16(20)17(11-15(18)19)14-8-3-2-4-9-14/h2-10H,11H2,1H3,(H,18,19). The van der Waals surface area contributed by atoms with Gasteiger partial charge in [-0.3, -0.25) is 14.5 Å². The number of amides is 1. The number of para-hydroxylation sites is 1. The molecule has 0 aliphatic heterocycles. The van der Waals surface area contributed by atoms with E-state index in [1.54, 1.807) is 42.5 Å². The predicted octanol–water partition coefficient (Wildman–Crippen LogP) is 2.73. The van der Waals surface area contributed by atoms with Crippen LogP contribution in [0.15, 0.2) is 54.6 Å². The molecule has 0 spiro atoms. The minimum atomic E-state index is -1.05. The first-order valence-corrected chi connectivity index (χ1v) is 6.23. The molecule has 0 aromatic heterocycles. The van der Waals surface area contributed by atoms with E-state index in [-0.39, 0.29) is 12.5 Å². The summed E-state index contributed by atoms with van der Waals surface area (Å²) < 4.78 is 0. The van der Waals surface area contributed by atoms with Crippen LogP contribution in [0.5, 0.6) is 0 Å². The van der Waals surface area contributed by atoms with Crippen molar-refractivity contribution < 1.29 is 14.7 Å². The zero-order chi connectivity index (χ0) is 14.5. The van der Waals surface area contributed by atoms with Crippen molar-refractivity contribution in [1.29, 1.82) is 0 Å². The number of carbonyl (C=O) groups excluding carboxylic acids is 1. The van der Waals surface area contributed by atoms with Gasteiger partial charge in [0.05, 0.1) is 0 Å². The fraction of sp³-hybridized carbons (Fsp3) is 0.125. The first kappa shape index (κ1) is 13.8. The summed E-state index contributed by atoms with van der Waals surface area (Å²) in [5.74, 6) is -1.36. The smallest absolute Gasteiger partial charge is 0.323 e. The molecule has 1 amide bonds. The Morgan fingerprint density at radius 1 is 1.05 bits per heavy atom. The Morgan fingerprint density at radius 2 is 1.75 bits per heavy atom. The lowest BCUT2D eigenvalue weighted by atomic mass is 10.1. The molecule has 4 heteroatoms. The van der Waals surface area contributed by atoms with Crippen LogP contribution in [0.1, 0.15) is 15.9 Å². The summed E-state index contributed by atoms with van der Waals surface area (Å²) in [6.07, 6.45) is 0. The van der Waals surface area contributed by atoms with Crippen LogP contribution in [0, 0.1) is 6.92 Å². The van der Waals surface area contributed by atoms with Crippen LogP contribution in [-0.2, 0) is 4.79 Å². The molecule has 0 aliphatic carbocycles. The summed E-state index contributed by atoms with van der Waals surface area (Å²) in [7, 11) is 0. The Hall–Kier alpha value is -2.62. The molecular weight excluding hydrogens is 254 g/mol. The van der Waals surface area contributed by atoms with Crippen LogP contribution in [0.2, 0.25) is 0 Å². The van der Waals surface area contributed by atoms with E-state index >= 15 is 0 Å². The molecule has 0 radical (unpaired) electrons. The van der Waals surface area contributed by atoms with Gasteiger partial charge in [-0.05, 0) is 31.2 Å². The van der Waals surface area contributed by atoms with Gasteiger partial charge in [-0.25, -0.2) is 0 Å². The van der Waals surface area contributed by atoms with Gasteiger partial charge in [-0.2, -0.15) is 0 Å². The van der Waals surface area contributed by atoms with Crippen molar-refractivity contribution in [3.63, 3.8) is 0 Å². The maximum absolute atomic E-state index is 12.5. The van der Waals surface area contributed by atoms with Crippen molar-refractivity contribution in [3.05, 3.63) is 65.7 Å². The molecule has 4 nitrogen and oxygen atoms in total. The Kier molecular flexibility index (Phi) is 4.15. The topological polar surface area (TPSA) is 57.6 Å². The number of carboxylic acid groups (broad SMARTS) is 1. The van der Waals surface area contributed by atoms with Gasteiger partial charge in [0.2, 0.25) is 0 Å². The summed E-state index contributed by atoms with van der Waals surface area (Å²) in [6.45, 7) is 1.53. The number of hydrogen-bond donors (Lipinski definition) is 1. The highest BCUT2D eigenvalue weighted by Gasteiger charge is 2.20. The molecule has 0 atom stereocenters. The van der Waals surface area contributed by atoms with Crippen LogP contribution < -0.4 is 4.90 Å². The number of carbonyl (C=O) groups is 2. The maximum atomic E-state index is 12.5. The van der Waals surface area contributed by atoms with Crippen molar-refractivity contribution in [1.82, 2.24) is 0 Å². The van der Waals surface area contributed by atoms with Crippen LogP contribution in [0.25, 0.3) is 0 Å². The van der Waals surface area contributed by atoms with Gasteiger partial charge in [-0.1, -0.05) is 35.9 Å². The van der Waals surface area contributed by atoms with Crippen LogP contribution >= 0.6 is 0 Å². The van der Waals surface area contributed by atoms with Gasteiger partial charge < -0.3 is 5.11 Å².